The summed E-state index contributed by atoms with van der Waals surface area (Å²) in [6.07, 6.45) is 8.59. The molecular weight excluding hydrogens is 216 g/mol. The Labute approximate surface area is 104 Å². The summed E-state index contributed by atoms with van der Waals surface area (Å²) in [6.45, 7) is 1.23. The van der Waals surface area contributed by atoms with Crippen molar-refractivity contribution < 1.29 is 9.53 Å². The van der Waals surface area contributed by atoms with Crippen LogP contribution in [0.4, 0.5) is 0 Å². The minimum Gasteiger partial charge on any atom is -0.384 e. The highest BCUT2D eigenvalue weighted by atomic mass is 16.5. The lowest BCUT2D eigenvalue weighted by atomic mass is 9.79. The number of ether oxygens (including phenoxy) is 1. The number of carbonyl (C=O) groups is 1. The van der Waals surface area contributed by atoms with Gasteiger partial charge in [-0.2, -0.15) is 0 Å². The highest BCUT2D eigenvalue weighted by Gasteiger charge is 2.26. The summed E-state index contributed by atoms with van der Waals surface area (Å²) in [4.78, 5) is 11.3. The Balaban J connectivity index is 2.04. The molecule has 17 heavy (non-hydrogen) atoms. The fraction of sp³-hybridized carbons (Fsp3) is 0.923. The molecule has 0 spiro atoms. The molecule has 1 aliphatic rings. The predicted octanol–water partition coefficient (Wildman–Crippen LogP) is 1.58. The van der Waals surface area contributed by atoms with Gasteiger partial charge in [0.15, 0.2) is 0 Å². The number of carbonyl (C=O) groups excluding carboxylic acids is 1. The molecule has 0 atom stereocenters. The van der Waals surface area contributed by atoms with Crippen molar-refractivity contribution >= 4 is 5.91 Å². The standard InChI is InChI=1S/C13H26N2O2/c1-17-11-6-12(16)15-10-5-9-13(14)7-3-2-4-8-13/h2-11,14H2,1H3,(H,15,16). The first-order valence-electron chi connectivity index (χ1n) is 6.71. The van der Waals surface area contributed by atoms with Crippen molar-refractivity contribution in [3.05, 3.63) is 0 Å². The van der Waals surface area contributed by atoms with E-state index in [9.17, 15) is 4.79 Å². The van der Waals surface area contributed by atoms with Crippen LogP contribution in [0.25, 0.3) is 0 Å². The van der Waals surface area contributed by atoms with Gasteiger partial charge in [-0.15, -0.1) is 0 Å². The van der Waals surface area contributed by atoms with Crippen LogP contribution in [0, 0.1) is 0 Å². The molecule has 0 bridgehead atoms. The lowest BCUT2D eigenvalue weighted by Gasteiger charge is -2.33. The molecule has 0 aromatic carbocycles. The van der Waals surface area contributed by atoms with E-state index in [2.05, 4.69) is 5.32 Å². The third-order valence-electron chi connectivity index (χ3n) is 3.56. The number of hydrogen-bond acceptors (Lipinski definition) is 3. The van der Waals surface area contributed by atoms with Crippen molar-refractivity contribution in [1.82, 2.24) is 5.32 Å². The van der Waals surface area contributed by atoms with Crippen LogP contribution in [0.15, 0.2) is 0 Å². The van der Waals surface area contributed by atoms with Gasteiger partial charge in [0.25, 0.3) is 0 Å². The Hall–Kier alpha value is -0.610. The maximum atomic E-state index is 11.3. The first-order chi connectivity index (χ1) is 8.16. The maximum Gasteiger partial charge on any atom is 0.222 e. The van der Waals surface area contributed by atoms with Crippen LogP contribution in [0.1, 0.15) is 51.4 Å². The maximum absolute atomic E-state index is 11.3. The molecule has 0 aromatic rings. The lowest BCUT2D eigenvalue weighted by molar-refractivity contribution is -0.121. The van der Waals surface area contributed by atoms with Crippen molar-refractivity contribution in [2.45, 2.75) is 56.9 Å². The second kappa shape index (κ2) is 7.67. The Morgan fingerprint density at radius 3 is 2.71 bits per heavy atom. The van der Waals surface area contributed by atoms with E-state index in [0.717, 1.165) is 32.2 Å². The number of methoxy groups -OCH3 is 1. The number of nitrogens with two attached hydrogens (primary N) is 1. The SMILES string of the molecule is COCCC(=O)NCCCC1(N)CCCCC1. The van der Waals surface area contributed by atoms with Gasteiger partial charge >= 0.3 is 0 Å². The summed E-state index contributed by atoms with van der Waals surface area (Å²) < 4.78 is 4.85. The molecule has 0 saturated heterocycles. The van der Waals surface area contributed by atoms with Crippen molar-refractivity contribution in [3.8, 4) is 0 Å². The molecule has 0 aromatic heterocycles. The summed E-state index contributed by atoms with van der Waals surface area (Å²) in [5.74, 6) is 0.0709. The summed E-state index contributed by atoms with van der Waals surface area (Å²) in [5.41, 5.74) is 6.36. The average Bonchev–Trinajstić information content (AvgIpc) is 2.33. The molecule has 0 radical (unpaired) electrons. The van der Waals surface area contributed by atoms with Crippen LogP contribution in [0.2, 0.25) is 0 Å². The third-order valence-corrected chi connectivity index (χ3v) is 3.56. The quantitative estimate of drug-likeness (QED) is 0.666. The van der Waals surface area contributed by atoms with Crippen molar-refractivity contribution in [1.29, 1.82) is 0 Å². The summed E-state index contributed by atoms with van der Waals surface area (Å²) in [7, 11) is 1.61. The molecule has 1 saturated carbocycles. The fourth-order valence-electron chi connectivity index (χ4n) is 2.46. The van der Waals surface area contributed by atoms with E-state index in [1.165, 1.54) is 19.3 Å². The van der Waals surface area contributed by atoms with Crippen LogP contribution >= 0.6 is 0 Å². The van der Waals surface area contributed by atoms with Gasteiger partial charge in [0, 0.05) is 25.6 Å². The molecule has 0 aliphatic heterocycles. The summed E-state index contributed by atoms with van der Waals surface area (Å²) >= 11 is 0. The van der Waals surface area contributed by atoms with E-state index in [4.69, 9.17) is 10.5 Å². The van der Waals surface area contributed by atoms with E-state index < -0.39 is 0 Å². The summed E-state index contributed by atoms with van der Waals surface area (Å²) in [5, 5.41) is 2.90. The normalized spacial score (nSPS) is 18.9. The van der Waals surface area contributed by atoms with E-state index in [1.807, 2.05) is 0 Å². The second-order valence-corrected chi connectivity index (χ2v) is 5.12. The van der Waals surface area contributed by atoms with Crippen molar-refractivity contribution in [2.75, 3.05) is 20.3 Å². The lowest BCUT2D eigenvalue weighted by Crippen LogP contribution is -2.42. The Morgan fingerprint density at radius 2 is 2.06 bits per heavy atom. The van der Waals surface area contributed by atoms with Crippen LogP contribution < -0.4 is 11.1 Å². The zero-order valence-electron chi connectivity index (χ0n) is 11.0. The number of nitrogens with one attached hydrogen (secondary N) is 1. The van der Waals surface area contributed by atoms with Gasteiger partial charge in [0.1, 0.15) is 0 Å². The minimum absolute atomic E-state index is 0.0372. The fourth-order valence-corrected chi connectivity index (χ4v) is 2.46. The Kier molecular flexibility index (Phi) is 6.52. The van der Waals surface area contributed by atoms with Crippen molar-refractivity contribution in [2.24, 2.45) is 5.73 Å². The predicted molar refractivity (Wildman–Crippen MR) is 68.7 cm³/mol. The molecule has 4 heteroatoms. The largest absolute Gasteiger partial charge is 0.384 e. The highest BCUT2D eigenvalue weighted by Crippen LogP contribution is 2.29. The molecule has 1 fully saturated rings. The van der Waals surface area contributed by atoms with E-state index in [-0.39, 0.29) is 11.4 Å². The monoisotopic (exact) mass is 242 g/mol. The number of rotatable bonds is 7. The topological polar surface area (TPSA) is 64.3 Å². The van der Waals surface area contributed by atoms with Gasteiger partial charge in [-0.1, -0.05) is 19.3 Å². The molecule has 4 nitrogen and oxygen atoms in total. The van der Waals surface area contributed by atoms with E-state index >= 15 is 0 Å². The Bertz CT molecular complexity index is 225. The van der Waals surface area contributed by atoms with E-state index in [1.54, 1.807) is 7.11 Å². The zero-order valence-corrected chi connectivity index (χ0v) is 11.0. The minimum atomic E-state index is 0.0372. The van der Waals surface area contributed by atoms with Crippen LogP contribution in [-0.4, -0.2) is 31.7 Å². The van der Waals surface area contributed by atoms with Gasteiger partial charge in [-0.05, 0) is 25.7 Å². The summed E-state index contributed by atoms with van der Waals surface area (Å²) in [6, 6.07) is 0. The Morgan fingerprint density at radius 1 is 1.35 bits per heavy atom. The van der Waals surface area contributed by atoms with Gasteiger partial charge in [-0.3, -0.25) is 4.79 Å². The van der Waals surface area contributed by atoms with Crippen LogP contribution in [0.5, 0.6) is 0 Å². The van der Waals surface area contributed by atoms with Crippen LogP contribution in [0.3, 0.4) is 0 Å². The average molecular weight is 242 g/mol. The highest BCUT2D eigenvalue weighted by molar-refractivity contribution is 5.75. The third kappa shape index (κ3) is 6.03. The first-order valence-corrected chi connectivity index (χ1v) is 6.71. The molecule has 100 valence electrons. The second-order valence-electron chi connectivity index (χ2n) is 5.12. The number of hydrogen-bond donors (Lipinski definition) is 2. The van der Waals surface area contributed by atoms with Gasteiger partial charge in [0.05, 0.1) is 6.61 Å². The zero-order chi connectivity index (χ0) is 12.6. The van der Waals surface area contributed by atoms with Gasteiger partial charge in [-0.25, -0.2) is 0 Å². The first kappa shape index (κ1) is 14.5. The van der Waals surface area contributed by atoms with Gasteiger partial charge in [0.2, 0.25) is 5.91 Å². The molecule has 1 aliphatic carbocycles. The van der Waals surface area contributed by atoms with E-state index in [0.29, 0.717) is 13.0 Å². The smallest absolute Gasteiger partial charge is 0.222 e. The molecule has 0 unspecified atom stereocenters. The molecule has 1 amide bonds. The number of amides is 1. The molecule has 3 N–H and O–H groups in total. The molecular formula is C13H26N2O2. The van der Waals surface area contributed by atoms with Crippen LogP contribution in [-0.2, 0) is 9.53 Å². The van der Waals surface area contributed by atoms with Gasteiger partial charge < -0.3 is 15.8 Å². The van der Waals surface area contributed by atoms with Crippen molar-refractivity contribution in [3.63, 3.8) is 0 Å². The molecule has 1 rings (SSSR count). The molecule has 0 heterocycles.